The summed E-state index contributed by atoms with van der Waals surface area (Å²) in [5.41, 5.74) is 1.85. The lowest BCUT2D eigenvalue weighted by Crippen LogP contribution is -2.52. The summed E-state index contributed by atoms with van der Waals surface area (Å²) in [6.45, 7) is 7.00. The summed E-state index contributed by atoms with van der Waals surface area (Å²) in [6.07, 6.45) is 8.90. The fourth-order valence-corrected chi connectivity index (χ4v) is 8.49. The van der Waals surface area contributed by atoms with E-state index >= 15 is 0 Å². The van der Waals surface area contributed by atoms with Gasteiger partial charge in [0.25, 0.3) is 0 Å². The first-order valence-electron chi connectivity index (χ1n) is 10.3. The molecule has 10 atom stereocenters. The quantitative estimate of drug-likeness (QED) is 0.782. The highest BCUT2D eigenvalue weighted by Crippen LogP contribution is 2.75. The Hall–Kier alpha value is -0.630. The number of fused-ring (bicyclic) bond motifs is 7. The lowest BCUT2D eigenvalue weighted by atomic mass is 9.47. The first-order valence-corrected chi connectivity index (χ1v) is 10.3. The minimum atomic E-state index is -0.145. The van der Waals surface area contributed by atoms with Crippen LogP contribution in [0, 0.1) is 52.8 Å². The summed E-state index contributed by atoms with van der Waals surface area (Å²) in [6, 6.07) is 0. The minimum Gasteiger partial charge on any atom is -0.393 e. The lowest BCUT2D eigenvalue weighted by Gasteiger charge is -2.57. The zero-order chi connectivity index (χ0) is 16.8. The summed E-state index contributed by atoms with van der Waals surface area (Å²) in [5, 5.41) is 10.5. The van der Waals surface area contributed by atoms with Gasteiger partial charge in [0.1, 0.15) is 0 Å². The van der Waals surface area contributed by atoms with E-state index in [1.807, 2.05) is 13.0 Å². The molecule has 5 aliphatic carbocycles. The van der Waals surface area contributed by atoms with Gasteiger partial charge in [-0.25, -0.2) is 0 Å². The topological polar surface area (TPSA) is 37.3 Å². The summed E-state index contributed by atoms with van der Waals surface area (Å²) in [7, 11) is 0. The minimum absolute atomic E-state index is 0.145. The second-order valence-corrected chi connectivity index (χ2v) is 10.2. The summed E-state index contributed by atoms with van der Waals surface area (Å²) < 4.78 is 0. The van der Waals surface area contributed by atoms with Gasteiger partial charge in [-0.2, -0.15) is 0 Å². The third kappa shape index (κ3) is 1.90. The van der Waals surface area contributed by atoms with Crippen molar-refractivity contribution in [1.82, 2.24) is 0 Å². The maximum Gasteiger partial charge on any atom is 0.155 e. The van der Waals surface area contributed by atoms with E-state index in [9.17, 15) is 9.90 Å². The number of ketones is 1. The normalized spacial score (nSPS) is 56.5. The Morgan fingerprint density at radius 2 is 2.04 bits per heavy atom. The molecule has 0 aromatic heterocycles. The van der Waals surface area contributed by atoms with Crippen LogP contribution in [0.15, 0.2) is 11.6 Å². The molecule has 2 heteroatoms. The van der Waals surface area contributed by atoms with E-state index in [-0.39, 0.29) is 6.10 Å². The highest BCUT2D eigenvalue weighted by Gasteiger charge is 2.70. The number of aliphatic hydroxyl groups excluding tert-OH is 1. The lowest BCUT2D eigenvalue weighted by molar-refractivity contribution is -0.117. The molecule has 0 radical (unpaired) electrons. The van der Waals surface area contributed by atoms with Crippen LogP contribution in [0.25, 0.3) is 0 Å². The van der Waals surface area contributed by atoms with E-state index in [1.54, 1.807) is 0 Å². The van der Waals surface area contributed by atoms with Crippen LogP contribution in [-0.2, 0) is 4.79 Å². The summed E-state index contributed by atoms with van der Waals surface area (Å²) >= 11 is 0. The van der Waals surface area contributed by atoms with Gasteiger partial charge in [0.2, 0.25) is 0 Å². The average molecular weight is 328 g/mol. The van der Waals surface area contributed by atoms with E-state index in [2.05, 4.69) is 13.8 Å². The van der Waals surface area contributed by atoms with Crippen LogP contribution >= 0.6 is 0 Å². The molecule has 0 heterocycles. The Morgan fingerprint density at radius 3 is 2.79 bits per heavy atom. The van der Waals surface area contributed by atoms with Crippen molar-refractivity contribution in [3.63, 3.8) is 0 Å². The van der Waals surface area contributed by atoms with Crippen LogP contribution in [0.4, 0.5) is 0 Å². The smallest absolute Gasteiger partial charge is 0.155 e. The zero-order valence-corrected chi connectivity index (χ0v) is 15.4. The third-order valence-electron chi connectivity index (χ3n) is 9.04. The molecule has 1 N–H and O–H groups in total. The number of carbonyl (C=O) groups is 1. The second kappa shape index (κ2) is 4.96. The zero-order valence-electron chi connectivity index (χ0n) is 15.4. The van der Waals surface area contributed by atoms with Crippen molar-refractivity contribution in [3.05, 3.63) is 11.6 Å². The monoisotopic (exact) mass is 328 g/mol. The van der Waals surface area contributed by atoms with Gasteiger partial charge in [0.05, 0.1) is 6.10 Å². The second-order valence-electron chi connectivity index (χ2n) is 10.2. The molecule has 0 bridgehead atoms. The van der Waals surface area contributed by atoms with Crippen LogP contribution in [0.2, 0.25) is 0 Å². The van der Waals surface area contributed by atoms with Crippen LogP contribution in [-0.4, -0.2) is 17.0 Å². The molecule has 5 rings (SSSR count). The number of allylic oxidation sites excluding steroid dienone is 1. The van der Waals surface area contributed by atoms with Gasteiger partial charge in [-0.15, -0.1) is 0 Å². The van der Waals surface area contributed by atoms with E-state index in [0.717, 1.165) is 48.9 Å². The predicted molar refractivity (Wildman–Crippen MR) is 94.2 cm³/mol. The SMILES string of the molecule is CC1CC2=CC(=O)CC[C@@H]2[C@H]2CC[C@]3(C)[C@@H](C(C)O)C4CC4[C@H]3[C@H]12. The fourth-order valence-electron chi connectivity index (χ4n) is 8.49. The molecule has 4 fully saturated rings. The van der Waals surface area contributed by atoms with Gasteiger partial charge < -0.3 is 5.11 Å². The van der Waals surface area contributed by atoms with Gasteiger partial charge in [-0.05, 0) is 97.9 Å². The molecule has 0 spiro atoms. The number of carbonyl (C=O) groups excluding carboxylic acids is 1. The van der Waals surface area contributed by atoms with Crippen molar-refractivity contribution in [2.24, 2.45) is 52.8 Å². The highest BCUT2D eigenvalue weighted by atomic mass is 16.3. The molecule has 0 saturated heterocycles. The van der Waals surface area contributed by atoms with Crippen molar-refractivity contribution in [1.29, 1.82) is 0 Å². The molecular weight excluding hydrogens is 296 g/mol. The van der Waals surface area contributed by atoms with Crippen molar-refractivity contribution >= 4 is 5.78 Å². The van der Waals surface area contributed by atoms with Crippen LogP contribution in [0.5, 0.6) is 0 Å². The molecule has 132 valence electrons. The highest BCUT2D eigenvalue weighted by molar-refractivity contribution is 5.91. The van der Waals surface area contributed by atoms with Gasteiger partial charge in [0, 0.05) is 6.42 Å². The van der Waals surface area contributed by atoms with Gasteiger partial charge >= 0.3 is 0 Å². The molecule has 5 aliphatic rings. The standard InChI is InChI=1S/C22H32O2/c1-11-8-13-9-14(24)4-5-15(13)16-6-7-22(3)20(12(2)23)17-10-18(17)21(22)19(11)16/h9,11-12,15-21,23H,4-8,10H2,1-3H3/t11?,12?,15-,16+,17?,18?,19+,20-,21-,22+/m0/s1. The molecule has 0 aromatic rings. The van der Waals surface area contributed by atoms with Gasteiger partial charge in [-0.3, -0.25) is 4.79 Å². The van der Waals surface area contributed by atoms with Gasteiger partial charge in [0.15, 0.2) is 5.78 Å². The molecule has 0 amide bonds. The Labute approximate surface area is 146 Å². The first kappa shape index (κ1) is 15.6. The van der Waals surface area contributed by atoms with Crippen LogP contribution < -0.4 is 0 Å². The van der Waals surface area contributed by atoms with Crippen molar-refractivity contribution in [2.45, 2.75) is 65.4 Å². The van der Waals surface area contributed by atoms with Crippen molar-refractivity contribution in [2.75, 3.05) is 0 Å². The molecule has 4 saturated carbocycles. The number of hydrogen-bond acceptors (Lipinski definition) is 2. The van der Waals surface area contributed by atoms with E-state index < -0.39 is 0 Å². The number of aliphatic hydroxyl groups is 1. The molecular formula is C22H32O2. The number of rotatable bonds is 1. The van der Waals surface area contributed by atoms with E-state index in [0.29, 0.717) is 29.0 Å². The average Bonchev–Trinajstić information content (AvgIpc) is 3.21. The molecule has 2 nitrogen and oxygen atoms in total. The van der Waals surface area contributed by atoms with E-state index in [4.69, 9.17) is 0 Å². The molecule has 4 unspecified atom stereocenters. The third-order valence-corrected chi connectivity index (χ3v) is 9.04. The maximum absolute atomic E-state index is 11.9. The Bertz CT molecular complexity index is 605. The fraction of sp³-hybridized carbons (Fsp3) is 0.864. The van der Waals surface area contributed by atoms with E-state index in [1.165, 1.54) is 24.8 Å². The molecule has 0 aromatic carbocycles. The van der Waals surface area contributed by atoms with Crippen LogP contribution in [0.3, 0.4) is 0 Å². The Kier molecular flexibility index (Phi) is 3.23. The largest absolute Gasteiger partial charge is 0.393 e. The molecule has 0 aliphatic heterocycles. The first-order chi connectivity index (χ1) is 11.4. The predicted octanol–water partition coefficient (Wildman–Crippen LogP) is 4.23. The van der Waals surface area contributed by atoms with Crippen molar-refractivity contribution in [3.8, 4) is 0 Å². The maximum atomic E-state index is 11.9. The van der Waals surface area contributed by atoms with Gasteiger partial charge in [-0.1, -0.05) is 19.4 Å². The number of hydrogen-bond donors (Lipinski definition) is 1. The summed E-state index contributed by atoms with van der Waals surface area (Å²) in [4.78, 5) is 11.9. The summed E-state index contributed by atoms with van der Waals surface area (Å²) in [5.74, 6) is 6.46. The Morgan fingerprint density at radius 1 is 1.25 bits per heavy atom. The van der Waals surface area contributed by atoms with Crippen LogP contribution in [0.1, 0.15) is 59.3 Å². The van der Waals surface area contributed by atoms with Crippen molar-refractivity contribution < 1.29 is 9.90 Å². The Balaban J connectivity index is 1.51. The molecule has 24 heavy (non-hydrogen) atoms.